The fourth-order valence-electron chi connectivity index (χ4n) is 1.97. The summed E-state index contributed by atoms with van der Waals surface area (Å²) in [7, 11) is 0. The van der Waals surface area contributed by atoms with Crippen LogP contribution in [0.3, 0.4) is 0 Å². The Labute approximate surface area is 147 Å². The third-order valence-corrected chi connectivity index (χ3v) is 3.42. The highest BCUT2D eigenvalue weighted by Crippen LogP contribution is 2.28. The van der Waals surface area contributed by atoms with E-state index in [2.05, 4.69) is 15.0 Å². The number of benzene rings is 1. The number of hydrogen-bond acceptors (Lipinski definition) is 4. The third kappa shape index (κ3) is 6.75. The summed E-state index contributed by atoms with van der Waals surface area (Å²) in [5, 5.41) is 2.99. The Morgan fingerprint density at radius 1 is 1.32 bits per heavy atom. The molecular weight excluding hydrogens is 361 g/mol. The van der Waals surface area contributed by atoms with Crippen LogP contribution in [0.2, 0.25) is 5.02 Å². The van der Waals surface area contributed by atoms with Crippen LogP contribution >= 0.6 is 11.6 Å². The molecule has 1 heterocycles. The van der Waals surface area contributed by atoms with E-state index in [1.807, 2.05) is 6.07 Å². The summed E-state index contributed by atoms with van der Waals surface area (Å²) < 4.78 is 45.5. The van der Waals surface area contributed by atoms with E-state index in [0.29, 0.717) is 22.2 Å². The number of nitrogens with zero attached hydrogens (tertiary/aromatic N) is 1. The van der Waals surface area contributed by atoms with Crippen molar-refractivity contribution in [3.05, 3.63) is 41.4 Å². The molecule has 25 heavy (non-hydrogen) atoms. The van der Waals surface area contributed by atoms with Gasteiger partial charge in [0.05, 0.1) is 17.8 Å². The lowest BCUT2D eigenvalue weighted by Gasteiger charge is -2.08. The minimum absolute atomic E-state index is 0.00533. The molecule has 0 fully saturated rings. The Morgan fingerprint density at radius 2 is 2.08 bits per heavy atom. The Kier molecular flexibility index (Phi) is 6.83. The number of amides is 1. The predicted molar refractivity (Wildman–Crippen MR) is 85.2 cm³/mol. The number of carbonyl (C=O) groups excluding carboxylic acids is 1. The number of aryl methyl sites for hydroxylation is 1. The molecule has 0 saturated carbocycles. The zero-order valence-corrected chi connectivity index (χ0v) is 13.9. The lowest BCUT2D eigenvalue weighted by Crippen LogP contribution is -2.29. The molecule has 0 radical (unpaired) electrons. The van der Waals surface area contributed by atoms with Crippen LogP contribution in [0.15, 0.2) is 34.9 Å². The van der Waals surface area contributed by atoms with Crippen molar-refractivity contribution in [1.29, 1.82) is 0 Å². The van der Waals surface area contributed by atoms with E-state index in [1.54, 1.807) is 18.2 Å². The van der Waals surface area contributed by atoms with E-state index >= 15 is 0 Å². The topological polar surface area (TPSA) is 64.4 Å². The van der Waals surface area contributed by atoms with Gasteiger partial charge in [-0.05, 0) is 12.1 Å². The van der Waals surface area contributed by atoms with Gasteiger partial charge in [-0.3, -0.25) is 4.79 Å². The van der Waals surface area contributed by atoms with Crippen LogP contribution in [-0.2, 0) is 16.0 Å². The third-order valence-electron chi connectivity index (χ3n) is 3.09. The molecule has 5 nitrogen and oxygen atoms in total. The van der Waals surface area contributed by atoms with Crippen LogP contribution in [0.5, 0.6) is 0 Å². The van der Waals surface area contributed by atoms with Crippen LogP contribution < -0.4 is 5.32 Å². The van der Waals surface area contributed by atoms with Crippen molar-refractivity contribution in [2.24, 2.45) is 0 Å². The number of carbonyl (C=O) groups is 1. The minimum Gasteiger partial charge on any atom is -0.441 e. The second-order valence-corrected chi connectivity index (χ2v) is 5.52. The van der Waals surface area contributed by atoms with Gasteiger partial charge in [-0.15, -0.1) is 0 Å². The van der Waals surface area contributed by atoms with Gasteiger partial charge in [0.25, 0.3) is 0 Å². The minimum atomic E-state index is -4.37. The molecule has 0 atom stereocenters. The molecule has 1 aromatic carbocycles. The molecule has 0 unspecified atom stereocenters. The summed E-state index contributed by atoms with van der Waals surface area (Å²) in [6, 6.07) is 7.14. The second kappa shape index (κ2) is 8.87. The molecule has 0 bridgehead atoms. The molecular formula is C16H16ClF3N2O3. The Balaban J connectivity index is 1.71. The van der Waals surface area contributed by atoms with E-state index in [9.17, 15) is 18.0 Å². The summed E-state index contributed by atoms with van der Waals surface area (Å²) in [4.78, 5) is 15.7. The number of hydrogen-bond donors (Lipinski definition) is 1. The smallest absolute Gasteiger partial charge is 0.411 e. The van der Waals surface area contributed by atoms with Gasteiger partial charge >= 0.3 is 6.18 Å². The largest absolute Gasteiger partial charge is 0.441 e. The van der Waals surface area contributed by atoms with Gasteiger partial charge in [0, 0.05) is 24.9 Å². The first-order chi connectivity index (χ1) is 11.8. The van der Waals surface area contributed by atoms with Gasteiger partial charge < -0.3 is 14.5 Å². The molecule has 0 saturated heterocycles. The molecule has 2 aromatic rings. The average Bonchev–Trinajstić information content (AvgIpc) is 3.00. The quantitative estimate of drug-likeness (QED) is 0.715. The molecule has 1 amide bonds. The van der Waals surface area contributed by atoms with Crippen LogP contribution in [-0.4, -0.2) is 36.8 Å². The lowest BCUT2D eigenvalue weighted by atomic mass is 10.2. The standard InChI is InChI=1S/C16H16ClF3N2O3/c17-12-4-2-1-3-11(12)13-9-22-15(25-13)6-5-14(23)21-7-8-24-10-16(18,19)20/h1-4,9H,5-8,10H2,(H,21,23). The SMILES string of the molecule is O=C(CCc1ncc(-c2ccccc2Cl)o1)NCCOCC(F)(F)F. The van der Waals surface area contributed by atoms with Gasteiger partial charge in [-0.2, -0.15) is 13.2 Å². The highest BCUT2D eigenvalue weighted by molar-refractivity contribution is 6.33. The molecule has 1 N–H and O–H groups in total. The molecule has 0 aliphatic heterocycles. The Hall–Kier alpha value is -2.06. The normalized spacial score (nSPS) is 11.5. The fraction of sp³-hybridized carbons (Fsp3) is 0.375. The molecule has 0 spiro atoms. The van der Waals surface area contributed by atoms with E-state index in [1.165, 1.54) is 6.20 Å². The van der Waals surface area contributed by atoms with Gasteiger partial charge in [0.15, 0.2) is 11.7 Å². The second-order valence-electron chi connectivity index (χ2n) is 5.12. The summed E-state index contributed by atoms with van der Waals surface area (Å²) in [5.41, 5.74) is 0.703. The van der Waals surface area contributed by atoms with Crippen molar-refractivity contribution >= 4 is 17.5 Å². The van der Waals surface area contributed by atoms with Crippen molar-refractivity contribution in [3.8, 4) is 11.3 Å². The zero-order chi connectivity index (χ0) is 18.3. The fourth-order valence-corrected chi connectivity index (χ4v) is 2.20. The lowest BCUT2D eigenvalue weighted by molar-refractivity contribution is -0.173. The first-order valence-corrected chi connectivity index (χ1v) is 7.84. The number of oxazole rings is 1. The average molecular weight is 377 g/mol. The molecule has 1 aromatic heterocycles. The molecule has 0 aliphatic rings. The maximum absolute atomic E-state index is 11.9. The first kappa shape index (κ1) is 19.3. The maximum Gasteiger partial charge on any atom is 0.411 e. The van der Waals surface area contributed by atoms with Crippen LogP contribution in [0.4, 0.5) is 13.2 Å². The number of nitrogens with one attached hydrogen (secondary N) is 1. The van der Waals surface area contributed by atoms with Crippen LogP contribution in [0.25, 0.3) is 11.3 Å². The zero-order valence-electron chi connectivity index (χ0n) is 13.1. The van der Waals surface area contributed by atoms with Crippen molar-refractivity contribution in [2.75, 3.05) is 19.8 Å². The number of ether oxygens (including phenoxy) is 1. The summed E-state index contributed by atoms with van der Waals surface area (Å²) in [6.07, 6.45) is -2.48. The van der Waals surface area contributed by atoms with Crippen molar-refractivity contribution in [2.45, 2.75) is 19.0 Å². The van der Waals surface area contributed by atoms with E-state index < -0.39 is 12.8 Å². The Bertz CT molecular complexity index is 704. The highest BCUT2D eigenvalue weighted by Gasteiger charge is 2.27. The number of halogens is 4. The highest BCUT2D eigenvalue weighted by atomic mass is 35.5. The molecule has 0 aliphatic carbocycles. The molecule has 2 rings (SSSR count). The first-order valence-electron chi connectivity index (χ1n) is 7.46. The van der Waals surface area contributed by atoms with E-state index in [-0.39, 0.29) is 31.9 Å². The van der Waals surface area contributed by atoms with Gasteiger partial charge in [0.2, 0.25) is 5.91 Å². The van der Waals surface area contributed by atoms with E-state index in [0.717, 1.165) is 0 Å². The summed E-state index contributed by atoms with van der Waals surface area (Å²) in [6.45, 7) is -1.53. The van der Waals surface area contributed by atoms with Gasteiger partial charge in [-0.1, -0.05) is 23.7 Å². The van der Waals surface area contributed by atoms with Crippen LogP contribution in [0.1, 0.15) is 12.3 Å². The van der Waals surface area contributed by atoms with Gasteiger partial charge in [-0.25, -0.2) is 4.98 Å². The van der Waals surface area contributed by atoms with Gasteiger partial charge in [0.1, 0.15) is 6.61 Å². The molecule has 9 heteroatoms. The van der Waals surface area contributed by atoms with Crippen molar-refractivity contribution in [3.63, 3.8) is 0 Å². The summed E-state index contributed by atoms with van der Waals surface area (Å²) >= 11 is 6.07. The van der Waals surface area contributed by atoms with Crippen molar-refractivity contribution in [1.82, 2.24) is 10.3 Å². The monoisotopic (exact) mass is 376 g/mol. The number of rotatable bonds is 8. The summed E-state index contributed by atoms with van der Waals surface area (Å²) in [5.74, 6) is 0.549. The number of aromatic nitrogens is 1. The van der Waals surface area contributed by atoms with E-state index in [4.69, 9.17) is 16.0 Å². The molecule has 136 valence electrons. The maximum atomic E-state index is 11.9. The predicted octanol–water partition coefficient (Wildman–Crippen LogP) is 3.62. The van der Waals surface area contributed by atoms with Crippen molar-refractivity contribution < 1.29 is 27.1 Å². The Morgan fingerprint density at radius 3 is 2.80 bits per heavy atom. The number of alkyl halides is 3. The van der Waals surface area contributed by atoms with Crippen LogP contribution in [0, 0.1) is 0 Å².